The van der Waals surface area contributed by atoms with E-state index in [0.29, 0.717) is 17.8 Å². The number of amides is 1. The number of hydrogen-bond donors (Lipinski definition) is 2. The molecule has 0 spiro atoms. The van der Waals surface area contributed by atoms with Crippen molar-refractivity contribution in [2.75, 3.05) is 5.32 Å². The van der Waals surface area contributed by atoms with E-state index in [1.807, 2.05) is 0 Å². The average molecular weight is 613 g/mol. The molecule has 0 unspecified atom stereocenters. The SMILES string of the molecule is CC(=O)N(Cc1cc(C(F)(F)F)cc(C(F)(F)F)c1)[C@H]1C[C@@H](C2CC2)Nc2ccc(C(F)(F)F)cc21.CC(C)C(=O)O. The van der Waals surface area contributed by atoms with Crippen LogP contribution >= 0.6 is 0 Å². The molecule has 2 N–H and O–H groups in total. The highest BCUT2D eigenvalue weighted by Gasteiger charge is 2.42. The summed E-state index contributed by atoms with van der Waals surface area (Å²) >= 11 is 0. The molecule has 0 aromatic heterocycles. The molecule has 1 amide bonds. The van der Waals surface area contributed by atoms with Crippen LogP contribution in [0.3, 0.4) is 0 Å². The van der Waals surface area contributed by atoms with Crippen molar-refractivity contribution in [1.82, 2.24) is 4.90 Å². The minimum absolute atomic E-state index is 0.0137. The number of nitrogens with one attached hydrogen (secondary N) is 1. The number of aliphatic carboxylic acids is 1. The highest BCUT2D eigenvalue weighted by Crippen LogP contribution is 2.47. The molecule has 2 atom stereocenters. The lowest BCUT2D eigenvalue weighted by Crippen LogP contribution is -2.40. The highest BCUT2D eigenvalue weighted by molar-refractivity contribution is 5.75. The largest absolute Gasteiger partial charge is 0.481 e. The summed E-state index contributed by atoms with van der Waals surface area (Å²) < 4.78 is 120. The lowest BCUT2D eigenvalue weighted by atomic mass is 9.88. The van der Waals surface area contributed by atoms with Crippen molar-refractivity contribution in [2.45, 2.75) is 77.2 Å². The summed E-state index contributed by atoms with van der Waals surface area (Å²) in [5, 5.41) is 11.2. The number of carbonyl (C=O) groups excluding carboxylic acids is 1. The number of fused-ring (bicyclic) bond motifs is 1. The molecule has 4 rings (SSSR count). The van der Waals surface area contributed by atoms with Gasteiger partial charge in [-0.05, 0) is 72.7 Å². The second-order valence-electron chi connectivity index (χ2n) is 10.7. The topological polar surface area (TPSA) is 69.6 Å². The predicted molar refractivity (Wildman–Crippen MR) is 134 cm³/mol. The summed E-state index contributed by atoms with van der Waals surface area (Å²) in [4.78, 5) is 23.4. The molecule has 0 radical (unpaired) electrons. The average Bonchev–Trinajstić information content (AvgIpc) is 3.70. The fraction of sp³-hybridized carbons (Fsp3) is 0.500. The van der Waals surface area contributed by atoms with Crippen molar-refractivity contribution in [1.29, 1.82) is 0 Å². The van der Waals surface area contributed by atoms with Crippen LogP contribution in [0.4, 0.5) is 45.2 Å². The highest BCUT2D eigenvalue weighted by atomic mass is 19.4. The molecule has 0 saturated heterocycles. The Morgan fingerprint density at radius 2 is 1.38 bits per heavy atom. The van der Waals surface area contributed by atoms with Gasteiger partial charge in [0.15, 0.2) is 0 Å². The van der Waals surface area contributed by atoms with Gasteiger partial charge in [-0.1, -0.05) is 13.8 Å². The zero-order valence-electron chi connectivity index (χ0n) is 22.7. The third kappa shape index (κ3) is 8.31. The van der Waals surface area contributed by atoms with E-state index in [0.717, 1.165) is 36.8 Å². The molecule has 1 fully saturated rings. The Kier molecular flexibility index (Phi) is 9.48. The summed E-state index contributed by atoms with van der Waals surface area (Å²) in [7, 11) is 0. The summed E-state index contributed by atoms with van der Waals surface area (Å²) in [6.07, 6.45) is -12.9. The maximum Gasteiger partial charge on any atom is 0.416 e. The van der Waals surface area contributed by atoms with E-state index in [2.05, 4.69) is 5.32 Å². The molecule has 2 aromatic rings. The second-order valence-corrected chi connectivity index (χ2v) is 10.7. The van der Waals surface area contributed by atoms with Crippen molar-refractivity contribution < 1.29 is 54.2 Å². The van der Waals surface area contributed by atoms with Gasteiger partial charge < -0.3 is 15.3 Å². The Labute approximate surface area is 235 Å². The molecule has 0 bridgehead atoms. The normalized spacial score (nSPS) is 18.9. The van der Waals surface area contributed by atoms with Gasteiger partial charge in [0.1, 0.15) is 0 Å². The van der Waals surface area contributed by atoms with Crippen LogP contribution in [0.15, 0.2) is 36.4 Å². The van der Waals surface area contributed by atoms with Crippen LogP contribution in [0.1, 0.15) is 73.9 Å². The van der Waals surface area contributed by atoms with E-state index in [1.165, 1.54) is 6.07 Å². The molecular weight excluding hydrogens is 583 g/mol. The fourth-order valence-corrected chi connectivity index (χ4v) is 4.62. The summed E-state index contributed by atoms with van der Waals surface area (Å²) in [5.74, 6) is -1.45. The van der Waals surface area contributed by atoms with Gasteiger partial charge in [0, 0.05) is 25.2 Å². The Morgan fingerprint density at radius 1 is 0.881 bits per heavy atom. The van der Waals surface area contributed by atoms with Gasteiger partial charge in [-0.3, -0.25) is 9.59 Å². The molecule has 5 nitrogen and oxygen atoms in total. The first-order chi connectivity index (χ1) is 19.2. The lowest BCUT2D eigenvalue weighted by molar-refractivity contribution is -0.143. The smallest absolute Gasteiger partial charge is 0.416 e. The molecule has 1 aliphatic heterocycles. The van der Waals surface area contributed by atoms with Gasteiger partial charge >= 0.3 is 24.5 Å². The number of benzene rings is 2. The maximum atomic E-state index is 13.4. The zero-order valence-corrected chi connectivity index (χ0v) is 22.7. The number of rotatable bonds is 5. The van der Waals surface area contributed by atoms with Crippen LogP contribution in [0.25, 0.3) is 0 Å². The van der Waals surface area contributed by atoms with Crippen LogP contribution in [-0.2, 0) is 34.7 Å². The van der Waals surface area contributed by atoms with Gasteiger partial charge in [0.05, 0.1) is 28.7 Å². The van der Waals surface area contributed by atoms with Gasteiger partial charge in [-0.25, -0.2) is 0 Å². The van der Waals surface area contributed by atoms with Crippen LogP contribution in [0.2, 0.25) is 0 Å². The Morgan fingerprint density at radius 3 is 1.79 bits per heavy atom. The maximum absolute atomic E-state index is 13.4. The third-order valence-corrected chi connectivity index (χ3v) is 7.02. The quantitative estimate of drug-likeness (QED) is 0.335. The second kappa shape index (κ2) is 12.0. The predicted octanol–water partition coefficient (Wildman–Crippen LogP) is 8.15. The Hall–Kier alpha value is -3.45. The van der Waals surface area contributed by atoms with Crippen LogP contribution in [-0.4, -0.2) is 27.9 Å². The van der Waals surface area contributed by atoms with Gasteiger partial charge in [0.25, 0.3) is 0 Å². The molecule has 14 heteroatoms. The molecule has 42 heavy (non-hydrogen) atoms. The number of hydrogen-bond acceptors (Lipinski definition) is 3. The Bertz CT molecular complexity index is 1270. The fourth-order valence-electron chi connectivity index (χ4n) is 4.62. The molecule has 1 saturated carbocycles. The van der Waals surface area contributed by atoms with Crippen molar-refractivity contribution >= 4 is 17.6 Å². The van der Waals surface area contributed by atoms with E-state index < -0.39 is 65.2 Å². The van der Waals surface area contributed by atoms with Gasteiger partial charge in [-0.15, -0.1) is 0 Å². The van der Waals surface area contributed by atoms with E-state index in [9.17, 15) is 49.1 Å². The first-order valence-corrected chi connectivity index (χ1v) is 12.9. The standard InChI is InChI=1S/C24H21F9N2O.C4H8O2/c1-12(36)35(11-13-6-16(23(28,29)30)8-17(7-13)24(31,32)33)21-10-20(14-2-3-14)34-19-5-4-15(9-18(19)21)22(25,26)27;1-3(2)4(5)6/h4-9,14,20-21,34H,2-3,10-11H2,1H3;3H,1-2H3,(H,5,6)/t20-,21-;/m0./s1. The van der Waals surface area contributed by atoms with E-state index in [4.69, 9.17) is 5.11 Å². The molecule has 1 aliphatic carbocycles. The molecule has 2 aromatic carbocycles. The van der Waals surface area contributed by atoms with Crippen LogP contribution in [0.5, 0.6) is 0 Å². The number of carbonyl (C=O) groups is 2. The first-order valence-electron chi connectivity index (χ1n) is 12.9. The zero-order chi connectivity index (χ0) is 31.8. The first kappa shape index (κ1) is 33.1. The lowest BCUT2D eigenvalue weighted by Gasteiger charge is -2.40. The monoisotopic (exact) mass is 612 g/mol. The third-order valence-electron chi connectivity index (χ3n) is 7.02. The number of carboxylic acids is 1. The van der Waals surface area contributed by atoms with E-state index in [-0.39, 0.29) is 35.9 Å². The number of carboxylic acid groups (broad SMARTS) is 1. The number of anilines is 1. The number of alkyl halides is 9. The van der Waals surface area contributed by atoms with Crippen molar-refractivity contribution in [3.05, 3.63) is 64.2 Å². The van der Waals surface area contributed by atoms with Crippen molar-refractivity contribution in [3.63, 3.8) is 0 Å². The van der Waals surface area contributed by atoms with Crippen LogP contribution < -0.4 is 5.32 Å². The molecule has 2 aliphatic rings. The van der Waals surface area contributed by atoms with Crippen molar-refractivity contribution in [3.8, 4) is 0 Å². The minimum Gasteiger partial charge on any atom is -0.481 e. The van der Waals surface area contributed by atoms with Gasteiger partial charge in [-0.2, -0.15) is 39.5 Å². The van der Waals surface area contributed by atoms with Crippen LogP contribution in [0, 0.1) is 11.8 Å². The summed E-state index contributed by atoms with van der Waals surface area (Å²) in [6.45, 7) is 3.73. The molecule has 1 heterocycles. The molecular formula is C28H29F9N2O3. The summed E-state index contributed by atoms with van der Waals surface area (Å²) in [6, 6.07) is 2.86. The number of halogens is 9. The Balaban J connectivity index is 0.000000730. The molecule has 232 valence electrons. The van der Waals surface area contributed by atoms with Gasteiger partial charge in [0.2, 0.25) is 5.91 Å². The van der Waals surface area contributed by atoms with E-state index in [1.54, 1.807) is 13.8 Å². The number of nitrogens with zero attached hydrogens (tertiary/aromatic N) is 1. The van der Waals surface area contributed by atoms with Crippen molar-refractivity contribution in [2.24, 2.45) is 11.8 Å². The minimum atomic E-state index is -5.07. The summed E-state index contributed by atoms with van der Waals surface area (Å²) in [5.41, 5.74) is -4.00. The van der Waals surface area contributed by atoms with E-state index >= 15 is 0 Å².